The molecule has 3 N–H and O–H groups in total. The van der Waals surface area contributed by atoms with Crippen LogP contribution in [0.25, 0.3) is 22.6 Å². The minimum absolute atomic E-state index is 0.0969. The van der Waals surface area contributed by atoms with Gasteiger partial charge in [0.05, 0.1) is 17.9 Å². The second-order valence-corrected chi connectivity index (χ2v) is 4.93. The maximum absolute atomic E-state index is 10.1. The molecule has 1 heterocycles. The molecular weight excluding hydrogens is 264 g/mol. The van der Waals surface area contributed by atoms with Gasteiger partial charge in [0.25, 0.3) is 0 Å². The first-order valence-electron chi connectivity index (χ1n) is 6.74. The zero-order chi connectivity index (χ0) is 14.8. The van der Waals surface area contributed by atoms with E-state index in [2.05, 4.69) is 9.97 Å². The van der Waals surface area contributed by atoms with E-state index in [4.69, 9.17) is 5.11 Å². The Bertz CT molecular complexity index is 764. The average Bonchev–Trinajstić information content (AvgIpc) is 2.89. The van der Waals surface area contributed by atoms with Crippen molar-refractivity contribution in [3.05, 3.63) is 59.8 Å². The monoisotopic (exact) mass is 280 g/mol. The predicted octanol–water partition coefficient (Wildman–Crippen LogP) is 3.25. The van der Waals surface area contributed by atoms with Gasteiger partial charge < -0.3 is 15.2 Å². The maximum atomic E-state index is 10.1. The van der Waals surface area contributed by atoms with Gasteiger partial charge in [-0.05, 0) is 24.6 Å². The number of hydrogen-bond acceptors (Lipinski definition) is 3. The molecule has 0 atom stereocenters. The molecule has 0 spiro atoms. The molecule has 0 unspecified atom stereocenters. The van der Waals surface area contributed by atoms with Crippen molar-refractivity contribution in [3.8, 4) is 28.4 Å². The van der Waals surface area contributed by atoms with Crippen molar-refractivity contribution in [1.29, 1.82) is 0 Å². The summed E-state index contributed by atoms with van der Waals surface area (Å²) >= 11 is 0. The van der Waals surface area contributed by atoms with Crippen LogP contribution in [0.5, 0.6) is 5.75 Å². The molecule has 0 amide bonds. The van der Waals surface area contributed by atoms with Crippen LogP contribution in [0, 0.1) is 6.92 Å². The van der Waals surface area contributed by atoms with E-state index in [0.29, 0.717) is 17.0 Å². The summed E-state index contributed by atoms with van der Waals surface area (Å²) in [5.74, 6) is 0.725. The molecule has 0 aliphatic heterocycles. The third-order valence-corrected chi connectivity index (χ3v) is 3.43. The minimum Gasteiger partial charge on any atom is -0.507 e. The molecule has 0 fully saturated rings. The maximum Gasteiger partial charge on any atom is 0.142 e. The van der Waals surface area contributed by atoms with Crippen LogP contribution in [0.3, 0.4) is 0 Å². The molecule has 2 aromatic carbocycles. The number of aromatic hydroxyl groups is 1. The number of H-pyrrole nitrogens is 1. The Morgan fingerprint density at radius 2 is 1.86 bits per heavy atom. The van der Waals surface area contributed by atoms with Gasteiger partial charge in [-0.15, -0.1) is 0 Å². The van der Waals surface area contributed by atoms with Gasteiger partial charge in [0.1, 0.15) is 11.6 Å². The molecule has 4 nitrogen and oxygen atoms in total. The minimum atomic E-state index is -0.0969. The van der Waals surface area contributed by atoms with Crippen molar-refractivity contribution in [3.63, 3.8) is 0 Å². The van der Waals surface area contributed by atoms with Crippen LogP contribution in [-0.2, 0) is 6.61 Å². The van der Waals surface area contributed by atoms with Gasteiger partial charge in [-0.25, -0.2) is 4.98 Å². The highest BCUT2D eigenvalue weighted by molar-refractivity contribution is 5.70. The van der Waals surface area contributed by atoms with Crippen molar-refractivity contribution in [2.75, 3.05) is 0 Å². The van der Waals surface area contributed by atoms with Gasteiger partial charge in [0.2, 0.25) is 0 Å². The molecular formula is C17H16N2O2. The summed E-state index contributed by atoms with van der Waals surface area (Å²) in [7, 11) is 0. The van der Waals surface area contributed by atoms with Gasteiger partial charge in [-0.2, -0.15) is 0 Å². The lowest BCUT2D eigenvalue weighted by molar-refractivity contribution is 0.281. The molecule has 3 aromatic rings. The lowest BCUT2D eigenvalue weighted by atomic mass is 10.1. The van der Waals surface area contributed by atoms with Crippen LogP contribution in [-0.4, -0.2) is 20.2 Å². The number of nitrogens with one attached hydrogen (secondary N) is 1. The summed E-state index contributed by atoms with van der Waals surface area (Å²) in [6.07, 6.45) is 0. The number of hydrogen-bond donors (Lipinski definition) is 3. The topological polar surface area (TPSA) is 69.1 Å². The Kier molecular flexibility index (Phi) is 3.46. The van der Waals surface area contributed by atoms with Crippen LogP contribution in [0.15, 0.2) is 48.5 Å². The predicted molar refractivity (Wildman–Crippen MR) is 81.8 cm³/mol. The Labute approximate surface area is 122 Å². The summed E-state index contributed by atoms with van der Waals surface area (Å²) in [5.41, 5.74) is 4.14. The van der Waals surface area contributed by atoms with Gasteiger partial charge in [-0.3, -0.25) is 0 Å². The highest BCUT2D eigenvalue weighted by Crippen LogP contribution is 2.31. The van der Waals surface area contributed by atoms with Crippen LogP contribution < -0.4 is 0 Å². The number of rotatable bonds is 3. The number of aliphatic hydroxyl groups excluding tert-OH is 1. The molecule has 106 valence electrons. The lowest BCUT2D eigenvalue weighted by Gasteiger charge is -2.03. The number of nitrogens with zero attached hydrogens (tertiary/aromatic N) is 1. The summed E-state index contributed by atoms with van der Waals surface area (Å²) < 4.78 is 0. The van der Waals surface area contributed by atoms with Crippen molar-refractivity contribution in [1.82, 2.24) is 9.97 Å². The summed E-state index contributed by atoms with van der Waals surface area (Å²) in [5, 5.41) is 19.2. The molecule has 0 radical (unpaired) electrons. The van der Waals surface area contributed by atoms with Gasteiger partial charge in [0, 0.05) is 11.3 Å². The molecule has 1 aromatic heterocycles. The first-order chi connectivity index (χ1) is 10.2. The van der Waals surface area contributed by atoms with E-state index in [1.807, 2.05) is 37.3 Å². The SMILES string of the molecule is Cc1[nH]c(-c2ccc(CO)cc2O)nc1-c1ccccc1. The Hall–Kier alpha value is -2.59. The molecule has 0 aliphatic carbocycles. The van der Waals surface area contributed by atoms with Crippen LogP contribution >= 0.6 is 0 Å². The molecule has 0 aliphatic rings. The summed E-state index contributed by atoms with van der Waals surface area (Å²) in [4.78, 5) is 7.79. The number of aryl methyl sites for hydroxylation is 1. The van der Waals surface area contributed by atoms with E-state index in [1.165, 1.54) is 0 Å². The Morgan fingerprint density at radius 1 is 1.10 bits per heavy atom. The number of imidazole rings is 1. The Morgan fingerprint density at radius 3 is 2.52 bits per heavy atom. The van der Waals surface area contributed by atoms with Crippen molar-refractivity contribution >= 4 is 0 Å². The third-order valence-electron chi connectivity index (χ3n) is 3.43. The number of aromatic nitrogens is 2. The molecule has 0 bridgehead atoms. The van der Waals surface area contributed by atoms with Gasteiger partial charge >= 0.3 is 0 Å². The van der Waals surface area contributed by atoms with Crippen LogP contribution in [0.1, 0.15) is 11.3 Å². The standard InChI is InChI=1S/C17H16N2O2/c1-11-16(13-5-3-2-4-6-13)19-17(18-11)14-8-7-12(10-20)9-15(14)21/h2-9,20-21H,10H2,1H3,(H,18,19). The van der Waals surface area contributed by atoms with E-state index in [-0.39, 0.29) is 12.4 Å². The number of phenolic OH excluding ortho intramolecular Hbond substituents is 1. The highest BCUT2D eigenvalue weighted by atomic mass is 16.3. The third kappa shape index (κ3) is 2.53. The zero-order valence-electron chi connectivity index (χ0n) is 11.7. The molecule has 21 heavy (non-hydrogen) atoms. The van der Waals surface area contributed by atoms with Crippen molar-refractivity contribution in [2.45, 2.75) is 13.5 Å². The second-order valence-electron chi connectivity index (χ2n) is 4.93. The first kappa shape index (κ1) is 13.4. The van der Waals surface area contributed by atoms with E-state index in [0.717, 1.165) is 17.0 Å². The number of aromatic amines is 1. The van der Waals surface area contributed by atoms with Gasteiger partial charge in [0.15, 0.2) is 0 Å². The second kappa shape index (κ2) is 5.42. The number of phenols is 1. The molecule has 0 saturated heterocycles. The first-order valence-corrected chi connectivity index (χ1v) is 6.74. The Balaban J connectivity index is 2.05. The number of benzene rings is 2. The fraction of sp³-hybridized carbons (Fsp3) is 0.118. The molecule has 0 saturated carbocycles. The molecule has 4 heteroatoms. The fourth-order valence-corrected chi connectivity index (χ4v) is 2.34. The van der Waals surface area contributed by atoms with Crippen molar-refractivity contribution in [2.24, 2.45) is 0 Å². The van der Waals surface area contributed by atoms with E-state index >= 15 is 0 Å². The zero-order valence-corrected chi connectivity index (χ0v) is 11.7. The largest absolute Gasteiger partial charge is 0.507 e. The average molecular weight is 280 g/mol. The summed E-state index contributed by atoms with van der Waals surface area (Å²) in [6, 6.07) is 15.0. The van der Waals surface area contributed by atoms with E-state index in [9.17, 15) is 5.11 Å². The van der Waals surface area contributed by atoms with E-state index in [1.54, 1.807) is 18.2 Å². The highest BCUT2D eigenvalue weighted by Gasteiger charge is 2.13. The van der Waals surface area contributed by atoms with Crippen LogP contribution in [0.2, 0.25) is 0 Å². The summed E-state index contributed by atoms with van der Waals surface area (Å²) in [6.45, 7) is 1.86. The van der Waals surface area contributed by atoms with Gasteiger partial charge in [-0.1, -0.05) is 36.4 Å². The van der Waals surface area contributed by atoms with Crippen LogP contribution in [0.4, 0.5) is 0 Å². The van der Waals surface area contributed by atoms with E-state index < -0.39 is 0 Å². The number of aliphatic hydroxyl groups is 1. The quantitative estimate of drug-likeness (QED) is 0.689. The normalized spacial score (nSPS) is 10.8. The van der Waals surface area contributed by atoms with Crippen molar-refractivity contribution < 1.29 is 10.2 Å². The molecule has 3 rings (SSSR count). The smallest absolute Gasteiger partial charge is 0.142 e. The lowest BCUT2D eigenvalue weighted by Crippen LogP contribution is -1.86. The fourth-order valence-electron chi connectivity index (χ4n) is 2.34.